The van der Waals surface area contributed by atoms with Gasteiger partial charge in [0.1, 0.15) is 23.3 Å². The topological polar surface area (TPSA) is 104 Å². The molecule has 0 aliphatic heterocycles. The molecule has 0 aliphatic carbocycles. The molecule has 0 fully saturated rings. The van der Waals surface area contributed by atoms with Gasteiger partial charge < -0.3 is 21.3 Å². The number of anilines is 4. The number of carbonyl (C=O) groups is 1. The van der Waals surface area contributed by atoms with Crippen LogP contribution >= 0.6 is 0 Å². The third-order valence-electron chi connectivity index (χ3n) is 4.35. The minimum atomic E-state index is -0.243. The normalized spacial score (nSPS) is 10.4. The van der Waals surface area contributed by atoms with Gasteiger partial charge in [-0.1, -0.05) is 19.1 Å². The molecule has 3 aromatic rings. The van der Waals surface area contributed by atoms with Crippen molar-refractivity contribution in [2.75, 3.05) is 29.0 Å². The Bertz CT molecular complexity index is 989. The summed E-state index contributed by atoms with van der Waals surface area (Å²) in [6.45, 7) is 6.91. The molecule has 0 saturated heterocycles. The van der Waals surface area contributed by atoms with E-state index in [0.717, 1.165) is 23.5 Å². The lowest BCUT2D eigenvalue weighted by molar-refractivity contribution is 0.252. The summed E-state index contributed by atoms with van der Waals surface area (Å²) in [7, 11) is 0. The van der Waals surface area contributed by atoms with Gasteiger partial charge in [-0.2, -0.15) is 0 Å². The molecule has 0 bridgehead atoms. The quantitative estimate of drug-likeness (QED) is 0.422. The van der Waals surface area contributed by atoms with Gasteiger partial charge in [0.15, 0.2) is 0 Å². The number of nitrogens with zero attached hydrogens (tertiary/aromatic N) is 3. The minimum Gasteiger partial charge on any atom is -0.368 e. The van der Waals surface area contributed by atoms with Crippen LogP contribution < -0.4 is 21.3 Å². The summed E-state index contributed by atoms with van der Waals surface area (Å²) in [6.07, 6.45) is 2.72. The van der Waals surface area contributed by atoms with Gasteiger partial charge in [-0.15, -0.1) is 0 Å². The van der Waals surface area contributed by atoms with Crippen molar-refractivity contribution in [2.45, 2.75) is 27.2 Å². The first-order valence-electron chi connectivity index (χ1n) is 9.95. The Hall–Kier alpha value is -3.68. The van der Waals surface area contributed by atoms with Crippen LogP contribution in [-0.2, 0) is 6.42 Å². The predicted octanol–water partition coefficient (Wildman–Crippen LogP) is 4.03. The van der Waals surface area contributed by atoms with Crippen LogP contribution in [0.3, 0.4) is 0 Å². The zero-order valence-corrected chi connectivity index (χ0v) is 17.5. The third kappa shape index (κ3) is 6.44. The van der Waals surface area contributed by atoms with Gasteiger partial charge in [0.2, 0.25) is 0 Å². The van der Waals surface area contributed by atoms with Crippen LogP contribution in [0.1, 0.15) is 23.9 Å². The maximum absolute atomic E-state index is 12.0. The maximum atomic E-state index is 12.0. The molecule has 30 heavy (non-hydrogen) atoms. The Morgan fingerprint density at radius 3 is 2.43 bits per heavy atom. The van der Waals surface area contributed by atoms with Gasteiger partial charge in [0, 0.05) is 31.0 Å². The van der Waals surface area contributed by atoms with Crippen molar-refractivity contribution in [3.05, 3.63) is 65.6 Å². The summed E-state index contributed by atoms with van der Waals surface area (Å²) >= 11 is 0. The summed E-state index contributed by atoms with van der Waals surface area (Å²) in [5, 5.41) is 12.0. The summed E-state index contributed by atoms with van der Waals surface area (Å²) in [5.41, 5.74) is 3.11. The van der Waals surface area contributed by atoms with Crippen LogP contribution in [0.25, 0.3) is 0 Å². The fourth-order valence-corrected chi connectivity index (χ4v) is 2.82. The highest BCUT2D eigenvalue weighted by Crippen LogP contribution is 2.16. The Labute approximate surface area is 176 Å². The molecular formula is C22H27N7O. The molecule has 0 spiro atoms. The number of urea groups is 1. The molecule has 8 heteroatoms. The first kappa shape index (κ1) is 21.0. The zero-order valence-electron chi connectivity index (χ0n) is 17.5. The van der Waals surface area contributed by atoms with E-state index in [1.54, 1.807) is 6.20 Å². The fourth-order valence-electron chi connectivity index (χ4n) is 2.82. The highest BCUT2D eigenvalue weighted by atomic mass is 16.2. The monoisotopic (exact) mass is 405 g/mol. The van der Waals surface area contributed by atoms with Crippen LogP contribution in [0.5, 0.6) is 0 Å². The standard InChI is InChI=1S/C22H27N7O/c1-4-17-5-7-18(8-6-17)28-22(30)25-12-11-24-20-14-21(27-16(3)26-20)29-19-13-15(2)9-10-23-19/h5-10,13-14H,4,11-12H2,1-3H3,(H2,25,28,30)(H2,23,24,26,27,29). The van der Waals surface area contributed by atoms with Crippen molar-refractivity contribution in [2.24, 2.45) is 0 Å². The average Bonchev–Trinajstić information content (AvgIpc) is 2.71. The number of rotatable bonds is 8. The van der Waals surface area contributed by atoms with Crippen LogP contribution in [0.2, 0.25) is 0 Å². The van der Waals surface area contributed by atoms with Crippen molar-refractivity contribution in [1.82, 2.24) is 20.3 Å². The number of pyridine rings is 1. The number of hydrogen-bond acceptors (Lipinski definition) is 6. The molecular weight excluding hydrogens is 378 g/mol. The lowest BCUT2D eigenvalue weighted by Gasteiger charge is -2.11. The second-order valence-corrected chi connectivity index (χ2v) is 6.89. The van der Waals surface area contributed by atoms with E-state index < -0.39 is 0 Å². The molecule has 4 N–H and O–H groups in total. The van der Waals surface area contributed by atoms with Crippen LogP contribution in [-0.4, -0.2) is 34.1 Å². The van der Waals surface area contributed by atoms with Crippen molar-refractivity contribution < 1.29 is 4.79 Å². The first-order chi connectivity index (χ1) is 14.5. The maximum Gasteiger partial charge on any atom is 0.319 e. The second-order valence-electron chi connectivity index (χ2n) is 6.89. The van der Waals surface area contributed by atoms with E-state index in [1.807, 2.05) is 56.3 Å². The van der Waals surface area contributed by atoms with Gasteiger partial charge in [0.05, 0.1) is 0 Å². The molecule has 0 atom stereocenters. The number of hydrogen-bond donors (Lipinski definition) is 4. The molecule has 0 radical (unpaired) electrons. The highest BCUT2D eigenvalue weighted by molar-refractivity contribution is 5.89. The van der Waals surface area contributed by atoms with Crippen molar-refractivity contribution >= 4 is 29.2 Å². The summed E-state index contributed by atoms with van der Waals surface area (Å²) in [4.78, 5) is 25.1. The lowest BCUT2D eigenvalue weighted by Crippen LogP contribution is -2.32. The van der Waals surface area contributed by atoms with Gasteiger partial charge in [-0.25, -0.2) is 19.7 Å². The number of aromatic nitrogens is 3. The highest BCUT2D eigenvalue weighted by Gasteiger charge is 2.05. The van der Waals surface area contributed by atoms with E-state index >= 15 is 0 Å². The number of aryl methyl sites for hydroxylation is 3. The minimum absolute atomic E-state index is 0.243. The molecule has 3 rings (SSSR count). The first-order valence-corrected chi connectivity index (χ1v) is 9.95. The summed E-state index contributed by atoms with van der Waals surface area (Å²) in [5.74, 6) is 2.69. The van der Waals surface area contributed by atoms with E-state index in [-0.39, 0.29) is 6.03 Å². The Balaban J connectivity index is 1.47. The molecule has 0 saturated carbocycles. The average molecular weight is 406 g/mol. The zero-order chi connectivity index (χ0) is 21.3. The van der Waals surface area contributed by atoms with Crippen LogP contribution in [0.15, 0.2) is 48.7 Å². The Morgan fingerprint density at radius 1 is 0.933 bits per heavy atom. The Morgan fingerprint density at radius 2 is 1.70 bits per heavy atom. The van der Waals surface area contributed by atoms with Gasteiger partial charge in [-0.05, 0) is 55.7 Å². The van der Waals surface area contributed by atoms with E-state index in [9.17, 15) is 4.79 Å². The molecule has 8 nitrogen and oxygen atoms in total. The molecule has 156 valence electrons. The van der Waals surface area contributed by atoms with Gasteiger partial charge in [0.25, 0.3) is 0 Å². The number of amides is 2. The van der Waals surface area contributed by atoms with Gasteiger partial charge >= 0.3 is 6.03 Å². The third-order valence-corrected chi connectivity index (χ3v) is 4.35. The van der Waals surface area contributed by atoms with E-state index in [2.05, 4.69) is 43.1 Å². The number of nitrogens with one attached hydrogen (secondary N) is 4. The SMILES string of the molecule is CCc1ccc(NC(=O)NCCNc2cc(Nc3cc(C)ccn3)nc(C)n2)cc1. The molecule has 0 unspecified atom stereocenters. The number of carbonyl (C=O) groups excluding carboxylic acids is 1. The van der Waals surface area contributed by atoms with Gasteiger partial charge in [-0.3, -0.25) is 0 Å². The van der Waals surface area contributed by atoms with Crippen molar-refractivity contribution in [3.8, 4) is 0 Å². The molecule has 1 aromatic carbocycles. The predicted molar refractivity (Wildman–Crippen MR) is 120 cm³/mol. The van der Waals surface area contributed by atoms with Crippen molar-refractivity contribution in [3.63, 3.8) is 0 Å². The number of benzene rings is 1. The summed E-state index contributed by atoms with van der Waals surface area (Å²) < 4.78 is 0. The van der Waals surface area contributed by atoms with E-state index in [0.29, 0.717) is 30.5 Å². The molecule has 0 aliphatic rings. The fraction of sp³-hybridized carbons (Fsp3) is 0.273. The molecule has 2 aromatic heterocycles. The van der Waals surface area contributed by atoms with Crippen LogP contribution in [0, 0.1) is 13.8 Å². The molecule has 2 heterocycles. The van der Waals surface area contributed by atoms with Crippen LogP contribution in [0.4, 0.5) is 27.9 Å². The van der Waals surface area contributed by atoms with Crippen molar-refractivity contribution in [1.29, 1.82) is 0 Å². The lowest BCUT2D eigenvalue weighted by atomic mass is 10.1. The summed E-state index contributed by atoms with van der Waals surface area (Å²) in [6, 6.07) is 13.3. The van der Waals surface area contributed by atoms with E-state index in [1.165, 1.54) is 5.56 Å². The Kier molecular flexibility index (Phi) is 7.15. The molecule has 2 amide bonds. The smallest absolute Gasteiger partial charge is 0.319 e. The van der Waals surface area contributed by atoms with E-state index in [4.69, 9.17) is 0 Å². The second kappa shape index (κ2) is 10.2. The largest absolute Gasteiger partial charge is 0.368 e.